The number of nitrogens with zero attached hydrogens (tertiary/aromatic N) is 1. The molecule has 0 aliphatic carbocycles. The van der Waals surface area contributed by atoms with E-state index in [1.807, 2.05) is 0 Å². The molecular formula is C8H7IN2O3. The molecule has 74 valence electrons. The number of aryl methyl sites for hydroxylation is 1. The zero-order valence-electron chi connectivity index (χ0n) is 7.28. The van der Waals surface area contributed by atoms with Gasteiger partial charge in [-0.25, -0.2) is 0 Å². The molecule has 6 heteroatoms. The van der Waals surface area contributed by atoms with E-state index >= 15 is 0 Å². The molecule has 1 rings (SSSR count). The van der Waals surface area contributed by atoms with Crippen molar-refractivity contribution < 1.29 is 9.72 Å². The van der Waals surface area contributed by atoms with Gasteiger partial charge in [0.25, 0.3) is 5.69 Å². The molecule has 14 heavy (non-hydrogen) atoms. The van der Waals surface area contributed by atoms with E-state index in [0.717, 1.165) is 0 Å². The van der Waals surface area contributed by atoms with E-state index in [0.29, 0.717) is 5.56 Å². The van der Waals surface area contributed by atoms with Crippen molar-refractivity contribution in [3.8, 4) is 0 Å². The molecule has 0 saturated heterocycles. The monoisotopic (exact) mass is 306 g/mol. The molecule has 1 aromatic rings. The number of carbonyl (C=O) groups excluding carboxylic acids is 1. The number of primary amides is 1. The number of nitrogens with two attached hydrogens (primary N) is 1. The predicted molar refractivity (Wildman–Crippen MR) is 59.1 cm³/mol. The Bertz CT molecular complexity index is 382. The van der Waals surface area contributed by atoms with Gasteiger partial charge in [0.15, 0.2) is 0 Å². The molecule has 2 N–H and O–H groups in total. The van der Waals surface area contributed by atoms with Gasteiger partial charge in [-0.2, -0.15) is 0 Å². The highest BCUT2D eigenvalue weighted by atomic mass is 127. The Morgan fingerprint density at radius 3 is 2.57 bits per heavy atom. The van der Waals surface area contributed by atoms with Gasteiger partial charge in [-0.15, -0.1) is 0 Å². The van der Waals surface area contributed by atoms with Crippen LogP contribution in [0.3, 0.4) is 0 Å². The summed E-state index contributed by atoms with van der Waals surface area (Å²) >= 11 is 1.75. The average molecular weight is 306 g/mol. The fourth-order valence-electron chi connectivity index (χ4n) is 1.06. The highest BCUT2D eigenvalue weighted by molar-refractivity contribution is 14.1. The van der Waals surface area contributed by atoms with Crippen LogP contribution in [0.5, 0.6) is 0 Å². The second-order valence-electron chi connectivity index (χ2n) is 2.77. The fourth-order valence-corrected chi connectivity index (χ4v) is 1.84. The highest BCUT2D eigenvalue weighted by Crippen LogP contribution is 2.25. The molecule has 0 saturated carbocycles. The second-order valence-corrected chi connectivity index (χ2v) is 3.85. The Morgan fingerprint density at radius 1 is 1.57 bits per heavy atom. The van der Waals surface area contributed by atoms with Crippen molar-refractivity contribution in [3.05, 3.63) is 36.9 Å². The molecule has 5 nitrogen and oxygen atoms in total. The van der Waals surface area contributed by atoms with Gasteiger partial charge in [0.1, 0.15) is 3.57 Å². The van der Waals surface area contributed by atoms with Crippen LogP contribution in [0.25, 0.3) is 0 Å². The van der Waals surface area contributed by atoms with Crippen molar-refractivity contribution in [2.75, 3.05) is 0 Å². The van der Waals surface area contributed by atoms with Gasteiger partial charge in [0, 0.05) is 6.07 Å². The molecule has 0 radical (unpaired) electrons. The quantitative estimate of drug-likeness (QED) is 0.511. The number of amides is 1. The molecule has 1 aromatic carbocycles. The first-order chi connectivity index (χ1) is 6.43. The number of rotatable bonds is 2. The normalized spacial score (nSPS) is 9.86. The van der Waals surface area contributed by atoms with Crippen LogP contribution in [0.1, 0.15) is 15.9 Å². The van der Waals surface area contributed by atoms with E-state index in [9.17, 15) is 14.9 Å². The molecule has 0 unspecified atom stereocenters. The van der Waals surface area contributed by atoms with Gasteiger partial charge in [-0.3, -0.25) is 14.9 Å². The molecule has 0 fully saturated rings. The molecule has 0 heterocycles. The topological polar surface area (TPSA) is 86.2 Å². The maximum absolute atomic E-state index is 10.9. The Labute approximate surface area is 93.6 Å². The van der Waals surface area contributed by atoms with Crippen molar-refractivity contribution >= 4 is 34.2 Å². The molecule has 0 bridgehead atoms. The average Bonchev–Trinajstić information content (AvgIpc) is 2.07. The van der Waals surface area contributed by atoms with Crippen LogP contribution in [0.15, 0.2) is 12.1 Å². The Morgan fingerprint density at radius 2 is 2.14 bits per heavy atom. The Hall–Kier alpha value is -1.18. The van der Waals surface area contributed by atoms with Crippen LogP contribution in [0.4, 0.5) is 5.69 Å². The lowest BCUT2D eigenvalue weighted by Crippen LogP contribution is -2.14. The highest BCUT2D eigenvalue weighted by Gasteiger charge is 2.18. The lowest BCUT2D eigenvalue weighted by Gasteiger charge is -2.02. The number of halogens is 1. The minimum Gasteiger partial charge on any atom is -0.366 e. The predicted octanol–water partition coefficient (Wildman–Crippen LogP) is 1.61. The van der Waals surface area contributed by atoms with Crippen LogP contribution in [-0.4, -0.2) is 10.8 Å². The summed E-state index contributed by atoms with van der Waals surface area (Å²) in [7, 11) is 0. The van der Waals surface area contributed by atoms with Gasteiger partial charge in [-0.1, -0.05) is 0 Å². The largest absolute Gasteiger partial charge is 0.366 e. The van der Waals surface area contributed by atoms with Crippen LogP contribution in [0, 0.1) is 20.6 Å². The summed E-state index contributed by atoms with van der Waals surface area (Å²) < 4.78 is 0.283. The zero-order valence-corrected chi connectivity index (χ0v) is 9.44. The Balaban J connectivity index is 3.47. The van der Waals surface area contributed by atoms with E-state index in [2.05, 4.69) is 0 Å². The summed E-state index contributed by atoms with van der Waals surface area (Å²) in [5, 5.41) is 10.6. The molecule has 0 aliphatic rings. The summed E-state index contributed by atoms with van der Waals surface area (Å²) in [6, 6.07) is 2.95. The third-order valence-electron chi connectivity index (χ3n) is 1.66. The van der Waals surface area contributed by atoms with Crippen molar-refractivity contribution in [2.24, 2.45) is 5.73 Å². The van der Waals surface area contributed by atoms with E-state index in [1.165, 1.54) is 12.1 Å². The molecular weight excluding hydrogens is 299 g/mol. The fraction of sp³-hybridized carbons (Fsp3) is 0.125. The minimum absolute atomic E-state index is 0.0839. The van der Waals surface area contributed by atoms with Crippen molar-refractivity contribution in [1.29, 1.82) is 0 Å². The summed E-state index contributed by atoms with van der Waals surface area (Å²) in [5.41, 5.74) is 5.84. The summed E-state index contributed by atoms with van der Waals surface area (Å²) in [5.74, 6) is -0.652. The van der Waals surface area contributed by atoms with E-state index in [4.69, 9.17) is 5.73 Å². The van der Waals surface area contributed by atoms with Gasteiger partial charge in [0.2, 0.25) is 5.91 Å². The van der Waals surface area contributed by atoms with Crippen molar-refractivity contribution in [3.63, 3.8) is 0 Å². The molecule has 1 amide bonds. The minimum atomic E-state index is -0.652. The van der Waals surface area contributed by atoms with Gasteiger partial charge in [0.05, 0.1) is 10.5 Å². The van der Waals surface area contributed by atoms with Crippen molar-refractivity contribution in [2.45, 2.75) is 6.92 Å². The molecule has 0 spiro atoms. The van der Waals surface area contributed by atoms with Crippen molar-refractivity contribution in [1.82, 2.24) is 0 Å². The number of carbonyl (C=O) groups is 1. The lowest BCUT2D eigenvalue weighted by molar-refractivity contribution is -0.385. The molecule has 0 aliphatic heterocycles. The molecule has 0 atom stereocenters. The number of nitro benzene ring substituents is 1. The smallest absolute Gasteiger partial charge is 0.283 e. The number of hydrogen-bond donors (Lipinski definition) is 1. The Kier molecular flexibility index (Phi) is 3.04. The second kappa shape index (κ2) is 3.91. The summed E-state index contributed by atoms with van der Waals surface area (Å²) in [6.07, 6.45) is 0. The number of benzene rings is 1. The van der Waals surface area contributed by atoms with Gasteiger partial charge in [-0.05, 0) is 41.1 Å². The third-order valence-corrected chi connectivity index (χ3v) is 2.79. The van der Waals surface area contributed by atoms with Crippen LogP contribution in [-0.2, 0) is 0 Å². The maximum atomic E-state index is 10.9. The van der Waals surface area contributed by atoms with Crippen LogP contribution >= 0.6 is 22.6 Å². The first-order valence-corrected chi connectivity index (χ1v) is 4.75. The van der Waals surface area contributed by atoms with E-state index < -0.39 is 10.8 Å². The first kappa shape index (κ1) is 10.9. The summed E-state index contributed by atoms with van der Waals surface area (Å²) in [4.78, 5) is 21.0. The number of nitro groups is 1. The van der Waals surface area contributed by atoms with Crippen LogP contribution < -0.4 is 5.73 Å². The van der Waals surface area contributed by atoms with Gasteiger partial charge >= 0.3 is 0 Å². The zero-order chi connectivity index (χ0) is 10.9. The third kappa shape index (κ3) is 2.00. The van der Waals surface area contributed by atoms with Crippen LogP contribution in [0.2, 0.25) is 0 Å². The first-order valence-electron chi connectivity index (χ1n) is 3.68. The van der Waals surface area contributed by atoms with E-state index in [1.54, 1.807) is 29.5 Å². The van der Waals surface area contributed by atoms with E-state index in [-0.39, 0.29) is 14.8 Å². The molecule has 0 aromatic heterocycles. The lowest BCUT2D eigenvalue weighted by atomic mass is 10.1. The maximum Gasteiger partial charge on any atom is 0.283 e. The standard InChI is InChI=1S/C8H7IN2O3/c1-4-2-5(8(10)12)7(9)6(3-4)11(13)14/h2-3H,1H3,(H2,10,12). The number of hydrogen-bond acceptors (Lipinski definition) is 3. The SMILES string of the molecule is Cc1cc(C(N)=O)c(I)c([N+](=O)[O-])c1. The van der Waals surface area contributed by atoms with Gasteiger partial charge < -0.3 is 5.73 Å². The summed E-state index contributed by atoms with van der Waals surface area (Å²) in [6.45, 7) is 1.68.